The van der Waals surface area contributed by atoms with E-state index < -0.39 is 6.10 Å². The van der Waals surface area contributed by atoms with Crippen LogP contribution in [-0.4, -0.2) is 19.1 Å². The fourth-order valence-corrected chi connectivity index (χ4v) is 1.84. The average Bonchev–Trinajstić information content (AvgIpc) is 2.54. The molecular formula is C17H19NO3. The van der Waals surface area contributed by atoms with Crippen molar-refractivity contribution in [2.75, 3.05) is 7.11 Å². The van der Waals surface area contributed by atoms with Crippen LogP contribution in [0.1, 0.15) is 12.5 Å². The number of benzene rings is 2. The van der Waals surface area contributed by atoms with Crippen LogP contribution in [0.2, 0.25) is 0 Å². The van der Waals surface area contributed by atoms with E-state index in [0.717, 1.165) is 11.3 Å². The molecule has 0 unspecified atom stereocenters. The summed E-state index contributed by atoms with van der Waals surface area (Å²) in [5.41, 5.74) is 1.06. The zero-order chi connectivity index (χ0) is 15.1. The molecule has 0 aliphatic carbocycles. The second-order valence-corrected chi connectivity index (χ2v) is 4.64. The maximum atomic E-state index is 12.0. The van der Waals surface area contributed by atoms with Gasteiger partial charge < -0.3 is 14.8 Å². The lowest BCUT2D eigenvalue weighted by Crippen LogP contribution is -2.35. The van der Waals surface area contributed by atoms with Crippen LogP contribution in [0.3, 0.4) is 0 Å². The second-order valence-electron chi connectivity index (χ2n) is 4.64. The molecule has 2 rings (SSSR count). The maximum Gasteiger partial charge on any atom is 0.261 e. The molecule has 0 radical (unpaired) electrons. The molecule has 4 nitrogen and oxygen atoms in total. The van der Waals surface area contributed by atoms with Gasteiger partial charge in [-0.3, -0.25) is 4.79 Å². The number of nitrogens with one attached hydrogen (secondary N) is 1. The maximum absolute atomic E-state index is 12.0. The van der Waals surface area contributed by atoms with Crippen molar-refractivity contribution in [2.45, 2.75) is 19.6 Å². The fourth-order valence-electron chi connectivity index (χ4n) is 1.84. The van der Waals surface area contributed by atoms with Crippen molar-refractivity contribution in [2.24, 2.45) is 0 Å². The minimum Gasteiger partial charge on any atom is -0.497 e. The first-order valence-corrected chi connectivity index (χ1v) is 6.81. The molecule has 1 atom stereocenters. The van der Waals surface area contributed by atoms with Crippen molar-refractivity contribution in [3.63, 3.8) is 0 Å². The molecule has 0 aromatic heterocycles. The number of rotatable bonds is 6. The number of carbonyl (C=O) groups is 1. The topological polar surface area (TPSA) is 47.6 Å². The highest BCUT2D eigenvalue weighted by Crippen LogP contribution is 2.18. The first-order valence-electron chi connectivity index (χ1n) is 6.81. The third-order valence-electron chi connectivity index (χ3n) is 3.05. The number of hydrogen-bond donors (Lipinski definition) is 1. The minimum absolute atomic E-state index is 0.144. The van der Waals surface area contributed by atoms with E-state index in [9.17, 15) is 4.79 Å². The van der Waals surface area contributed by atoms with Gasteiger partial charge in [-0.1, -0.05) is 30.3 Å². The third kappa shape index (κ3) is 4.53. The van der Waals surface area contributed by atoms with Crippen LogP contribution < -0.4 is 14.8 Å². The molecule has 0 bridgehead atoms. The Morgan fingerprint density at radius 1 is 1.05 bits per heavy atom. The highest BCUT2D eigenvalue weighted by atomic mass is 16.5. The largest absolute Gasteiger partial charge is 0.497 e. The van der Waals surface area contributed by atoms with E-state index in [1.54, 1.807) is 38.3 Å². The molecule has 0 saturated heterocycles. The third-order valence-corrected chi connectivity index (χ3v) is 3.05. The highest BCUT2D eigenvalue weighted by Gasteiger charge is 2.14. The zero-order valence-corrected chi connectivity index (χ0v) is 12.2. The zero-order valence-electron chi connectivity index (χ0n) is 12.2. The molecule has 0 heterocycles. The molecule has 0 fully saturated rings. The van der Waals surface area contributed by atoms with Gasteiger partial charge in [-0.25, -0.2) is 0 Å². The Kier molecular flexibility index (Phi) is 5.21. The van der Waals surface area contributed by atoms with E-state index in [1.165, 1.54) is 0 Å². The number of hydrogen-bond acceptors (Lipinski definition) is 3. The molecule has 21 heavy (non-hydrogen) atoms. The van der Waals surface area contributed by atoms with Gasteiger partial charge in [-0.15, -0.1) is 0 Å². The van der Waals surface area contributed by atoms with E-state index >= 15 is 0 Å². The summed E-state index contributed by atoms with van der Waals surface area (Å²) in [6.07, 6.45) is -0.554. The van der Waals surface area contributed by atoms with Gasteiger partial charge in [0.2, 0.25) is 0 Å². The molecule has 1 amide bonds. The molecule has 2 aromatic carbocycles. The predicted molar refractivity (Wildman–Crippen MR) is 81.4 cm³/mol. The van der Waals surface area contributed by atoms with Gasteiger partial charge in [0.05, 0.1) is 7.11 Å². The fraction of sp³-hybridized carbons (Fsp3) is 0.235. The van der Waals surface area contributed by atoms with Crippen molar-refractivity contribution < 1.29 is 14.3 Å². The second kappa shape index (κ2) is 7.33. The summed E-state index contributed by atoms with van der Waals surface area (Å²) in [6.45, 7) is 2.22. The molecule has 4 heteroatoms. The first-order chi connectivity index (χ1) is 10.2. The van der Waals surface area contributed by atoms with Crippen LogP contribution in [0.4, 0.5) is 0 Å². The van der Waals surface area contributed by atoms with Gasteiger partial charge in [0, 0.05) is 6.54 Å². The summed E-state index contributed by atoms with van der Waals surface area (Å²) in [4.78, 5) is 12.0. The van der Waals surface area contributed by atoms with Gasteiger partial charge in [0.25, 0.3) is 5.91 Å². The number of carbonyl (C=O) groups excluding carboxylic acids is 1. The summed E-state index contributed by atoms with van der Waals surface area (Å²) in [5.74, 6) is 1.25. The first kappa shape index (κ1) is 14.9. The molecular weight excluding hydrogens is 266 g/mol. The van der Waals surface area contributed by atoms with Crippen molar-refractivity contribution in [3.8, 4) is 11.5 Å². The summed E-state index contributed by atoms with van der Waals surface area (Å²) in [5, 5.41) is 2.85. The Morgan fingerprint density at radius 3 is 2.29 bits per heavy atom. The Hall–Kier alpha value is -2.49. The van der Waals surface area contributed by atoms with Crippen molar-refractivity contribution in [1.29, 1.82) is 0 Å². The molecule has 0 aliphatic heterocycles. The summed E-state index contributed by atoms with van der Waals surface area (Å²) < 4.78 is 10.7. The Balaban J connectivity index is 1.84. The van der Waals surface area contributed by atoms with E-state index in [0.29, 0.717) is 12.3 Å². The van der Waals surface area contributed by atoms with E-state index in [4.69, 9.17) is 9.47 Å². The van der Waals surface area contributed by atoms with E-state index in [2.05, 4.69) is 5.32 Å². The molecule has 0 spiro atoms. The van der Waals surface area contributed by atoms with Crippen LogP contribution in [0.25, 0.3) is 0 Å². The lowest BCUT2D eigenvalue weighted by molar-refractivity contribution is -0.127. The van der Waals surface area contributed by atoms with Crippen LogP contribution >= 0.6 is 0 Å². The SMILES string of the molecule is COc1ccc(O[C@@H](C)C(=O)NCc2ccccc2)cc1. The Morgan fingerprint density at radius 2 is 1.67 bits per heavy atom. The summed E-state index contributed by atoms with van der Waals surface area (Å²) in [7, 11) is 1.61. The highest BCUT2D eigenvalue weighted by molar-refractivity contribution is 5.80. The van der Waals surface area contributed by atoms with Gasteiger partial charge in [0.1, 0.15) is 11.5 Å². The number of ether oxygens (including phenoxy) is 2. The van der Waals surface area contributed by atoms with Gasteiger partial charge in [-0.05, 0) is 36.8 Å². The molecule has 0 saturated carbocycles. The van der Waals surface area contributed by atoms with E-state index in [-0.39, 0.29) is 5.91 Å². The van der Waals surface area contributed by atoms with Crippen molar-refractivity contribution >= 4 is 5.91 Å². The van der Waals surface area contributed by atoms with Gasteiger partial charge >= 0.3 is 0 Å². The number of methoxy groups -OCH3 is 1. The lowest BCUT2D eigenvalue weighted by atomic mass is 10.2. The molecule has 2 aromatic rings. The lowest BCUT2D eigenvalue weighted by Gasteiger charge is -2.15. The minimum atomic E-state index is -0.554. The monoisotopic (exact) mass is 285 g/mol. The Bertz CT molecular complexity index is 566. The summed E-state index contributed by atoms with van der Waals surface area (Å²) in [6, 6.07) is 16.9. The molecule has 1 N–H and O–H groups in total. The van der Waals surface area contributed by atoms with Crippen LogP contribution in [0.15, 0.2) is 54.6 Å². The molecule has 0 aliphatic rings. The smallest absolute Gasteiger partial charge is 0.261 e. The normalized spacial score (nSPS) is 11.5. The summed E-state index contributed by atoms with van der Waals surface area (Å²) >= 11 is 0. The quantitative estimate of drug-likeness (QED) is 0.887. The average molecular weight is 285 g/mol. The van der Waals surface area contributed by atoms with Gasteiger partial charge in [-0.2, -0.15) is 0 Å². The van der Waals surface area contributed by atoms with Gasteiger partial charge in [0.15, 0.2) is 6.10 Å². The number of amides is 1. The van der Waals surface area contributed by atoms with Crippen LogP contribution in [0, 0.1) is 0 Å². The van der Waals surface area contributed by atoms with E-state index in [1.807, 2.05) is 30.3 Å². The standard InChI is InChI=1S/C17H19NO3/c1-13(21-16-10-8-15(20-2)9-11-16)17(19)18-12-14-6-4-3-5-7-14/h3-11,13H,12H2,1-2H3,(H,18,19)/t13-/m0/s1. The Labute approximate surface area is 124 Å². The predicted octanol–water partition coefficient (Wildman–Crippen LogP) is 2.78. The van der Waals surface area contributed by atoms with Crippen LogP contribution in [0.5, 0.6) is 11.5 Å². The van der Waals surface area contributed by atoms with Crippen molar-refractivity contribution in [1.82, 2.24) is 5.32 Å². The van der Waals surface area contributed by atoms with Crippen LogP contribution in [-0.2, 0) is 11.3 Å². The molecule has 110 valence electrons. The van der Waals surface area contributed by atoms with Crippen molar-refractivity contribution in [3.05, 3.63) is 60.2 Å².